The largest absolute Gasteiger partial charge is 0.508 e. The van der Waals surface area contributed by atoms with Crippen molar-refractivity contribution in [3.8, 4) is 11.5 Å². The maximum atomic E-state index is 14.4. The Bertz CT molecular complexity index is 1620. The number of esters is 2. The standard InChI is InChI=1S/C39H47F3O8/c1-25(2)21-33(50-37(47)38(49-7,39(40,41)42)31-17-9-8-10-18-31)35(45)28(5)16-12-15-26(3)13-11-14-27(4)19-20-29-22-32(43)23-30(36(29)46)24-34(44)48-6/h8-10,13,16-19,21-23,33,43,46H,11-12,14-15,20,24H2,1-7H3/b26-13+,27-19+,28-16+/t33-,38-/m0/s1. The summed E-state index contributed by atoms with van der Waals surface area (Å²) in [5.41, 5.74) is -0.172. The first-order valence-corrected chi connectivity index (χ1v) is 16.1. The van der Waals surface area contributed by atoms with Crippen LogP contribution in [0.5, 0.6) is 11.5 Å². The van der Waals surface area contributed by atoms with Crippen LogP contribution in [0.3, 0.4) is 0 Å². The molecule has 0 aliphatic heterocycles. The van der Waals surface area contributed by atoms with E-state index in [4.69, 9.17) is 9.47 Å². The van der Waals surface area contributed by atoms with Crippen molar-refractivity contribution in [1.82, 2.24) is 0 Å². The number of benzene rings is 2. The number of hydrogen-bond acceptors (Lipinski definition) is 8. The van der Waals surface area contributed by atoms with E-state index in [-0.39, 0.29) is 29.1 Å². The summed E-state index contributed by atoms with van der Waals surface area (Å²) in [5.74, 6) is -3.03. The van der Waals surface area contributed by atoms with Gasteiger partial charge in [0.15, 0.2) is 6.10 Å². The molecule has 2 rings (SSSR count). The molecule has 50 heavy (non-hydrogen) atoms. The first kappa shape index (κ1) is 41.5. The Morgan fingerprint density at radius 2 is 1.42 bits per heavy atom. The molecule has 0 saturated heterocycles. The van der Waals surface area contributed by atoms with Gasteiger partial charge in [0, 0.05) is 23.8 Å². The molecule has 0 amide bonds. The quantitative estimate of drug-likeness (QED) is 0.0732. The third-order valence-corrected chi connectivity index (χ3v) is 8.05. The maximum Gasteiger partial charge on any atom is 0.432 e. The van der Waals surface area contributed by atoms with E-state index < -0.39 is 41.2 Å². The minimum Gasteiger partial charge on any atom is -0.508 e. The van der Waals surface area contributed by atoms with Crippen molar-refractivity contribution >= 4 is 17.7 Å². The number of ketones is 1. The van der Waals surface area contributed by atoms with E-state index in [1.807, 2.05) is 19.9 Å². The van der Waals surface area contributed by atoms with Gasteiger partial charge in [-0.15, -0.1) is 0 Å². The van der Waals surface area contributed by atoms with Gasteiger partial charge in [0.05, 0.1) is 13.5 Å². The molecule has 0 fully saturated rings. The van der Waals surface area contributed by atoms with E-state index in [0.717, 1.165) is 43.2 Å². The molecule has 11 heteroatoms. The predicted octanol–water partition coefficient (Wildman–Crippen LogP) is 8.31. The number of Topliss-reactive ketones (excluding diaryl/α,β-unsaturated/α-hetero) is 1. The van der Waals surface area contributed by atoms with E-state index >= 15 is 0 Å². The average Bonchev–Trinajstić information content (AvgIpc) is 3.04. The smallest absolute Gasteiger partial charge is 0.432 e. The Kier molecular flexibility index (Phi) is 15.7. The maximum absolute atomic E-state index is 14.4. The molecule has 8 nitrogen and oxygen atoms in total. The van der Waals surface area contributed by atoms with Crippen molar-refractivity contribution in [3.05, 3.63) is 106 Å². The first-order chi connectivity index (χ1) is 23.5. The molecule has 2 aromatic carbocycles. The lowest BCUT2D eigenvalue weighted by Crippen LogP contribution is -2.53. The van der Waals surface area contributed by atoms with Gasteiger partial charge in [0.25, 0.3) is 5.60 Å². The molecule has 2 atom stereocenters. The summed E-state index contributed by atoms with van der Waals surface area (Å²) < 4.78 is 57.8. The number of phenols is 2. The number of alkyl halides is 3. The second kappa shape index (κ2) is 18.9. The SMILES string of the molecule is COC(=O)Cc1cc(O)cc(C/C=C(\C)CC/C=C(\C)CC/C=C(\C)C(=O)[C@H](C=C(C)C)OC(=O)[C@@](OC)(c2ccccc2)C(F)(F)F)c1O. The summed E-state index contributed by atoms with van der Waals surface area (Å²) >= 11 is 0. The van der Waals surface area contributed by atoms with Crippen LogP contribution in [0.15, 0.2) is 89.1 Å². The topological polar surface area (TPSA) is 119 Å². The Hall–Kier alpha value is -4.64. The molecule has 2 N–H and O–H groups in total. The molecule has 0 aliphatic rings. The van der Waals surface area contributed by atoms with Gasteiger partial charge in [0.2, 0.25) is 5.78 Å². The number of ether oxygens (including phenoxy) is 3. The van der Waals surface area contributed by atoms with E-state index in [0.29, 0.717) is 30.4 Å². The molecular formula is C39H47F3O8. The fraction of sp³-hybridized carbons (Fsp3) is 0.410. The molecule has 0 heterocycles. The second-order valence-electron chi connectivity index (χ2n) is 12.3. The molecule has 0 bridgehead atoms. The van der Waals surface area contributed by atoms with E-state index in [1.165, 1.54) is 50.4 Å². The van der Waals surface area contributed by atoms with E-state index in [2.05, 4.69) is 10.8 Å². The van der Waals surface area contributed by atoms with Gasteiger partial charge in [-0.25, -0.2) is 4.79 Å². The monoisotopic (exact) mass is 700 g/mol. The molecular weight excluding hydrogens is 653 g/mol. The number of aromatic hydroxyl groups is 2. The normalized spacial score (nSPS) is 14.4. The zero-order valence-electron chi connectivity index (χ0n) is 29.6. The van der Waals surface area contributed by atoms with Gasteiger partial charge in [-0.05, 0) is 90.5 Å². The summed E-state index contributed by atoms with van der Waals surface area (Å²) in [6.07, 6.45) is 3.00. The van der Waals surface area contributed by atoms with Gasteiger partial charge in [0.1, 0.15) is 11.5 Å². The van der Waals surface area contributed by atoms with Crippen molar-refractivity contribution in [2.45, 2.75) is 91.0 Å². The lowest BCUT2D eigenvalue weighted by Gasteiger charge is -2.33. The number of carbonyl (C=O) groups excluding carboxylic acids is 3. The van der Waals surface area contributed by atoms with Crippen molar-refractivity contribution in [2.75, 3.05) is 14.2 Å². The Labute approximate surface area is 291 Å². The molecule has 0 spiro atoms. The number of carbonyl (C=O) groups is 3. The zero-order valence-corrected chi connectivity index (χ0v) is 29.6. The Balaban J connectivity index is 2.05. The number of halogens is 3. The van der Waals surface area contributed by atoms with Crippen LogP contribution < -0.4 is 0 Å². The van der Waals surface area contributed by atoms with Crippen LogP contribution in [0.25, 0.3) is 0 Å². The number of hydrogen-bond donors (Lipinski definition) is 2. The third-order valence-electron chi connectivity index (χ3n) is 8.05. The van der Waals surface area contributed by atoms with Crippen molar-refractivity contribution < 1.29 is 52.0 Å². The van der Waals surface area contributed by atoms with Crippen LogP contribution in [-0.2, 0) is 47.0 Å². The average molecular weight is 701 g/mol. The fourth-order valence-corrected chi connectivity index (χ4v) is 5.19. The number of allylic oxidation sites excluding steroid dienone is 6. The summed E-state index contributed by atoms with van der Waals surface area (Å²) in [6, 6.07) is 9.21. The molecule has 0 radical (unpaired) electrons. The Morgan fingerprint density at radius 1 is 0.840 bits per heavy atom. The summed E-state index contributed by atoms with van der Waals surface area (Å²) in [7, 11) is 2.02. The highest BCUT2D eigenvalue weighted by atomic mass is 19.4. The molecule has 0 aromatic heterocycles. The zero-order chi connectivity index (χ0) is 37.6. The minimum absolute atomic E-state index is 0.0570. The van der Waals surface area contributed by atoms with Crippen LogP contribution in [-0.4, -0.2) is 54.4 Å². The lowest BCUT2D eigenvalue weighted by molar-refractivity contribution is -0.277. The second-order valence-corrected chi connectivity index (χ2v) is 12.3. The summed E-state index contributed by atoms with van der Waals surface area (Å²) in [4.78, 5) is 38.2. The summed E-state index contributed by atoms with van der Waals surface area (Å²) in [6.45, 7) is 8.72. The molecule has 272 valence electrons. The predicted molar refractivity (Wildman–Crippen MR) is 184 cm³/mol. The van der Waals surface area contributed by atoms with Crippen LogP contribution in [0.4, 0.5) is 13.2 Å². The molecule has 2 aromatic rings. The van der Waals surface area contributed by atoms with Gasteiger partial charge >= 0.3 is 18.1 Å². The highest BCUT2D eigenvalue weighted by molar-refractivity contribution is 6.01. The van der Waals surface area contributed by atoms with E-state index in [9.17, 15) is 37.8 Å². The molecule has 0 unspecified atom stereocenters. The van der Waals surface area contributed by atoms with Crippen molar-refractivity contribution in [2.24, 2.45) is 0 Å². The van der Waals surface area contributed by atoms with Crippen molar-refractivity contribution in [3.63, 3.8) is 0 Å². The van der Waals surface area contributed by atoms with Crippen LogP contribution in [0.1, 0.15) is 77.0 Å². The number of rotatable bonds is 17. The fourth-order valence-electron chi connectivity index (χ4n) is 5.19. The van der Waals surface area contributed by atoms with Crippen LogP contribution in [0.2, 0.25) is 0 Å². The molecule has 0 aliphatic carbocycles. The minimum atomic E-state index is -5.17. The molecule has 0 saturated carbocycles. The first-order valence-electron chi connectivity index (χ1n) is 16.1. The van der Waals surface area contributed by atoms with E-state index in [1.54, 1.807) is 19.9 Å². The van der Waals surface area contributed by atoms with Gasteiger partial charge in [-0.2, -0.15) is 13.2 Å². The van der Waals surface area contributed by atoms with Gasteiger partial charge in [-0.3, -0.25) is 9.59 Å². The number of phenolic OH excluding ortho intramolecular Hbond substituents is 2. The Morgan fingerprint density at radius 3 is 1.98 bits per heavy atom. The highest BCUT2D eigenvalue weighted by Gasteiger charge is 2.64. The van der Waals surface area contributed by atoms with Gasteiger partial charge < -0.3 is 24.4 Å². The van der Waals surface area contributed by atoms with Gasteiger partial charge in [-0.1, -0.05) is 65.3 Å². The third kappa shape index (κ3) is 11.5. The lowest BCUT2D eigenvalue weighted by atomic mass is 9.92. The van der Waals surface area contributed by atoms with Crippen LogP contribution >= 0.6 is 0 Å². The highest BCUT2D eigenvalue weighted by Crippen LogP contribution is 2.43. The number of methoxy groups -OCH3 is 2. The van der Waals surface area contributed by atoms with Crippen LogP contribution in [0, 0.1) is 0 Å². The summed E-state index contributed by atoms with van der Waals surface area (Å²) in [5, 5.41) is 20.6. The van der Waals surface area contributed by atoms with Crippen molar-refractivity contribution in [1.29, 1.82) is 0 Å².